The summed E-state index contributed by atoms with van der Waals surface area (Å²) in [6, 6.07) is 7.49. The number of likely N-dealkylation sites (tertiary alicyclic amines) is 1. The van der Waals surface area contributed by atoms with E-state index in [1.807, 2.05) is 12.3 Å². The number of rotatable bonds is 6. The highest BCUT2D eigenvalue weighted by Crippen LogP contribution is 2.44. The Kier molecular flexibility index (Phi) is 6.72. The highest BCUT2D eigenvalue weighted by molar-refractivity contribution is 5.75. The Morgan fingerprint density at radius 1 is 1.14 bits per heavy atom. The molecule has 3 aromatic rings. The second-order valence-corrected chi connectivity index (χ2v) is 9.56. The number of pyridine rings is 2. The minimum Gasteiger partial charge on any atom is -0.365 e. The molecule has 0 bridgehead atoms. The summed E-state index contributed by atoms with van der Waals surface area (Å²) in [6.07, 6.45) is 3.58. The molecule has 0 saturated carbocycles. The molecule has 1 saturated heterocycles. The van der Waals surface area contributed by atoms with Crippen LogP contribution in [0.25, 0.3) is 0 Å². The molecule has 5 rings (SSSR count). The van der Waals surface area contributed by atoms with Gasteiger partial charge in [-0.05, 0) is 53.8 Å². The summed E-state index contributed by atoms with van der Waals surface area (Å²) in [5, 5.41) is 2.24. The van der Waals surface area contributed by atoms with Crippen molar-refractivity contribution in [3.8, 4) is 0 Å². The van der Waals surface area contributed by atoms with Gasteiger partial charge >= 0.3 is 0 Å². The summed E-state index contributed by atoms with van der Waals surface area (Å²) >= 11 is 0. The van der Waals surface area contributed by atoms with Gasteiger partial charge in [0.05, 0.1) is 17.9 Å². The van der Waals surface area contributed by atoms with Crippen molar-refractivity contribution in [2.24, 2.45) is 0 Å². The Morgan fingerprint density at radius 2 is 1.92 bits per heavy atom. The summed E-state index contributed by atoms with van der Waals surface area (Å²) in [5.41, 5.74) is -0.104. The number of amides is 1. The van der Waals surface area contributed by atoms with Crippen molar-refractivity contribution < 1.29 is 27.1 Å². The molecule has 2 aliphatic rings. The van der Waals surface area contributed by atoms with E-state index in [0.29, 0.717) is 19.2 Å². The van der Waals surface area contributed by atoms with Gasteiger partial charge in [0, 0.05) is 50.7 Å². The van der Waals surface area contributed by atoms with Gasteiger partial charge in [0.2, 0.25) is 5.91 Å². The van der Waals surface area contributed by atoms with Crippen LogP contribution in [0.15, 0.2) is 55.0 Å². The maximum Gasteiger partial charge on any atom is 0.271 e. The van der Waals surface area contributed by atoms with Crippen LogP contribution in [0, 0.1) is 11.6 Å². The van der Waals surface area contributed by atoms with Crippen molar-refractivity contribution in [2.45, 2.75) is 50.5 Å². The number of halogens is 4. The first-order valence-electron chi connectivity index (χ1n) is 12.0. The Bertz CT molecular complexity index is 1300. The van der Waals surface area contributed by atoms with Crippen LogP contribution >= 0.6 is 0 Å². The molecule has 2 aliphatic heterocycles. The van der Waals surface area contributed by atoms with Crippen molar-refractivity contribution >= 4 is 5.91 Å². The van der Waals surface area contributed by atoms with Gasteiger partial charge in [-0.15, -0.1) is 0 Å². The maximum atomic E-state index is 14.5. The van der Waals surface area contributed by atoms with Gasteiger partial charge in [0.15, 0.2) is 17.2 Å². The number of hydrogen-bond donors (Lipinski definition) is 1. The Hall–Kier alpha value is -3.37. The van der Waals surface area contributed by atoms with Gasteiger partial charge in [0.25, 0.3) is 6.43 Å². The second-order valence-electron chi connectivity index (χ2n) is 9.56. The Balaban J connectivity index is 1.35. The van der Waals surface area contributed by atoms with Gasteiger partial charge in [-0.3, -0.25) is 19.7 Å². The highest BCUT2D eigenvalue weighted by atomic mass is 19.3. The van der Waals surface area contributed by atoms with Gasteiger partial charge in [-0.1, -0.05) is 12.1 Å². The van der Waals surface area contributed by atoms with Crippen LogP contribution < -0.4 is 5.32 Å². The lowest BCUT2D eigenvalue weighted by atomic mass is 9.84. The number of ether oxygens (including phenoxy) is 1. The molecule has 1 aromatic carbocycles. The first kappa shape index (κ1) is 25.3. The van der Waals surface area contributed by atoms with Gasteiger partial charge < -0.3 is 10.1 Å². The van der Waals surface area contributed by atoms with E-state index >= 15 is 0 Å². The third-order valence-corrected chi connectivity index (χ3v) is 7.28. The number of piperidine rings is 1. The fourth-order valence-corrected chi connectivity index (χ4v) is 5.34. The quantitative estimate of drug-likeness (QED) is 0.494. The molecule has 1 N–H and O–H groups in total. The van der Waals surface area contributed by atoms with Crippen molar-refractivity contribution in [2.75, 3.05) is 13.1 Å². The lowest BCUT2D eigenvalue weighted by molar-refractivity contribution is -0.122. The molecule has 1 spiro atoms. The number of hydrogen-bond acceptors (Lipinski definition) is 5. The van der Waals surface area contributed by atoms with E-state index < -0.39 is 29.5 Å². The molecule has 10 heteroatoms. The summed E-state index contributed by atoms with van der Waals surface area (Å²) in [7, 11) is 0. The number of alkyl halides is 2. The van der Waals surface area contributed by atoms with Crippen molar-refractivity contribution in [3.05, 3.63) is 94.6 Å². The van der Waals surface area contributed by atoms with Crippen LogP contribution in [0.3, 0.4) is 0 Å². The predicted molar refractivity (Wildman–Crippen MR) is 126 cm³/mol. The average molecular weight is 515 g/mol. The van der Waals surface area contributed by atoms with Crippen LogP contribution in [-0.4, -0.2) is 40.3 Å². The number of nitrogens with one attached hydrogen (secondary N) is 1. The molecule has 4 heterocycles. The van der Waals surface area contributed by atoms with Gasteiger partial charge in [0.1, 0.15) is 0 Å². The molecule has 1 fully saturated rings. The second kappa shape index (κ2) is 9.83. The summed E-state index contributed by atoms with van der Waals surface area (Å²) < 4.78 is 62.8. The van der Waals surface area contributed by atoms with E-state index in [-0.39, 0.29) is 16.9 Å². The molecule has 2 aromatic heterocycles. The highest BCUT2D eigenvalue weighted by Gasteiger charge is 2.46. The lowest BCUT2D eigenvalue weighted by Crippen LogP contribution is -2.52. The van der Waals surface area contributed by atoms with Crippen molar-refractivity contribution in [1.82, 2.24) is 20.2 Å². The molecule has 37 heavy (non-hydrogen) atoms. The Labute approximate surface area is 211 Å². The first-order valence-corrected chi connectivity index (χ1v) is 12.0. The fraction of sp³-hybridized carbons (Fsp3) is 0.370. The SMILES string of the molecule is CC(=O)N[C@@](c1ccc(F)c(F)c1)(c1ccc(CN2CCC3(CC2)OCc2ccncc23)cn1)C(F)F. The van der Waals surface area contributed by atoms with E-state index in [1.54, 1.807) is 12.3 Å². The number of fused-ring (bicyclic) bond motifs is 2. The molecular weight excluding hydrogens is 488 g/mol. The van der Waals surface area contributed by atoms with E-state index in [0.717, 1.165) is 56.1 Å². The smallest absolute Gasteiger partial charge is 0.271 e. The van der Waals surface area contributed by atoms with Gasteiger partial charge in [-0.25, -0.2) is 17.6 Å². The number of nitrogens with zero attached hydrogens (tertiary/aromatic N) is 3. The standard InChI is InChI=1S/C27H26F4N4O2/c1-17(36)34-27(25(30)31,20-3-4-22(28)23(29)12-20)24-5-2-18(13-33-24)15-35-10-7-26(8-11-35)21-14-32-9-6-19(21)16-37-26/h2-6,9,12-14,25H,7-8,10-11,15-16H2,1H3,(H,34,36)/t27-/m0/s1. The Morgan fingerprint density at radius 3 is 2.57 bits per heavy atom. The average Bonchev–Trinajstić information content (AvgIpc) is 3.24. The van der Waals surface area contributed by atoms with Crippen molar-refractivity contribution in [3.63, 3.8) is 0 Å². The zero-order valence-corrected chi connectivity index (χ0v) is 20.2. The third-order valence-electron chi connectivity index (χ3n) is 7.28. The normalized spacial score (nSPS) is 18.5. The van der Waals surface area contributed by atoms with Crippen LogP contribution in [0.5, 0.6) is 0 Å². The number of aromatic nitrogens is 2. The van der Waals surface area contributed by atoms with E-state index in [2.05, 4.69) is 20.2 Å². The third kappa shape index (κ3) is 4.59. The summed E-state index contributed by atoms with van der Waals surface area (Å²) in [6.45, 7) is 3.77. The number of carbonyl (C=O) groups excluding carboxylic acids is 1. The topological polar surface area (TPSA) is 67.4 Å². The monoisotopic (exact) mass is 514 g/mol. The number of carbonyl (C=O) groups is 1. The fourth-order valence-electron chi connectivity index (χ4n) is 5.34. The van der Waals surface area contributed by atoms with E-state index in [9.17, 15) is 22.4 Å². The predicted octanol–water partition coefficient (Wildman–Crippen LogP) is 4.42. The van der Waals surface area contributed by atoms with E-state index in [4.69, 9.17) is 4.74 Å². The number of benzene rings is 1. The van der Waals surface area contributed by atoms with Crippen LogP contribution in [-0.2, 0) is 33.8 Å². The molecule has 0 unspecified atom stereocenters. The first-order chi connectivity index (χ1) is 17.7. The maximum absolute atomic E-state index is 14.5. The molecule has 0 radical (unpaired) electrons. The minimum atomic E-state index is -3.18. The largest absolute Gasteiger partial charge is 0.365 e. The summed E-state index contributed by atoms with van der Waals surface area (Å²) in [4.78, 5) is 22.7. The molecule has 1 amide bonds. The zero-order valence-electron chi connectivity index (χ0n) is 20.2. The lowest BCUT2D eigenvalue weighted by Gasteiger charge is -2.39. The van der Waals surface area contributed by atoms with Crippen LogP contribution in [0.1, 0.15) is 47.7 Å². The molecule has 0 aliphatic carbocycles. The molecule has 1 atom stereocenters. The van der Waals surface area contributed by atoms with Crippen molar-refractivity contribution in [1.29, 1.82) is 0 Å². The van der Waals surface area contributed by atoms with Gasteiger partial charge in [-0.2, -0.15) is 0 Å². The minimum absolute atomic E-state index is 0.173. The van der Waals surface area contributed by atoms with Crippen LogP contribution in [0.2, 0.25) is 0 Å². The molecular formula is C27H26F4N4O2. The van der Waals surface area contributed by atoms with E-state index in [1.165, 1.54) is 17.8 Å². The molecule has 194 valence electrons. The summed E-state index contributed by atoms with van der Waals surface area (Å²) in [5.74, 6) is -3.23. The van der Waals surface area contributed by atoms with Crippen LogP contribution in [0.4, 0.5) is 17.6 Å². The zero-order chi connectivity index (χ0) is 26.2. The molecule has 6 nitrogen and oxygen atoms in total.